The van der Waals surface area contributed by atoms with Crippen molar-refractivity contribution in [3.05, 3.63) is 41.7 Å². The molecule has 0 saturated carbocycles. The summed E-state index contributed by atoms with van der Waals surface area (Å²) in [5.74, 6) is 0.169. The van der Waals surface area contributed by atoms with E-state index in [9.17, 15) is 4.79 Å². The van der Waals surface area contributed by atoms with E-state index < -0.39 is 0 Å². The normalized spacial score (nSPS) is 20.5. The van der Waals surface area contributed by atoms with Crippen LogP contribution in [0.25, 0.3) is 11.3 Å². The van der Waals surface area contributed by atoms with Crippen molar-refractivity contribution in [2.75, 3.05) is 13.1 Å². The molecule has 23 heavy (non-hydrogen) atoms. The van der Waals surface area contributed by atoms with Gasteiger partial charge in [-0.3, -0.25) is 4.79 Å². The molecule has 1 fully saturated rings. The first-order chi connectivity index (χ1) is 10.9. The highest BCUT2D eigenvalue weighted by molar-refractivity contribution is 5.92. The molecule has 1 atom stereocenters. The second-order valence-electron chi connectivity index (χ2n) is 7.05. The third kappa shape index (κ3) is 3.15. The Balaban J connectivity index is 1.77. The number of aryl methyl sites for hydroxylation is 1. The molecule has 0 spiro atoms. The van der Waals surface area contributed by atoms with E-state index in [1.807, 2.05) is 36.1 Å². The van der Waals surface area contributed by atoms with Gasteiger partial charge in [-0.15, -0.1) is 0 Å². The minimum absolute atomic E-state index is 0.0896. The molecule has 2 heterocycles. The summed E-state index contributed by atoms with van der Waals surface area (Å²) >= 11 is 0. The number of piperidine rings is 1. The Kier molecular flexibility index (Phi) is 3.98. The monoisotopic (exact) mass is 313 g/mol. The van der Waals surface area contributed by atoms with E-state index in [1.165, 1.54) is 5.56 Å². The van der Waals surface area contributed by atoms with Crippen molar-refractivity contribution in [3.8, 4) is 11.3 Å². The van der Waals surface area contributed by atoms with E-state index in [0.29, 0.717) is 18.8 Å². The van der Waals surface area contributed by atoms with Gasteiger partial charge in [-0.25, -0.2) is 0 Å². The van der Waals surface area contributed by atoms with Crippen LogP contribution in [0.2, 0.25) is 0 Å². The quantitative estimate of drug-likeness (QED) is 0.925. The Morgan fingerprint density at radius 3 is 2.70 bits per heavy atom. The highest BCUT2D eigenvalue weighted by Crippen LogP contribution is 2.29. The zero-order chi connectivity index (χ0) is 16.6. The fourth-order valence-electron chi connectivity index (χ4n) is 2.94. The van der Waals surface area contributed by atoms with Crippen LogP contribution >= 0.6 is 0 Å². The van der Waals surface area contributed by atoms with Gasteiger partial charge in [0, 0.05) is 30.8 Å². The van der Waals surface area contributed by atoms with Gasteiger partial charge in [0.05, 0.1) is 0 Å². The number of aromatic nitrogens is 1. The van der Waals surface area contributed by atoms with Gasteiger partial charge in [0.15, 0.2) is 0 Å². The molecule has 1 amide bonds. The summed E-state index contributed by atoms with van der Waals surface area (Å²) < 4.78 is 5.29. The van der Waals surface area contributed by atoms with E-state index in [0.717, 1.165) is 12.0 Å². The molecule has 1 saturated heterocycles. The van der Waals surface area contributed by atoms with E-state index in [2.05, 4.69) is 19.0 Å². The zero-order valence-electron chi connectivity index (χ0n) is 13.9. The lowest BCUT2D eigenvalue weighted by Crippen LogP contribution is -2.53. The number of likely N-dealkylation sites (tertiary alicyclic amines) is 1. The second-order valence-corrected chi connectivity index (χ2v) is 7.05. The van der Waals surface area contributed by atoms with Crippen molar-refractivity contribution in [1.29, 1.82) is 0 Å². The minimum atomic E-state index is -0.115. The molecular weight excluding hydrogens is 290 g/mol. The standard InChI is InChI=1S/C18H23N3O2/c1-12-4-6-13(7-5-12)14-10-15(23-20-14)17(22)21-9-8-16(19)18(2,3)11-21/h4-7,10,16H,8-9,11,19H2,1-3H3. The van der Waals surface area contributed by atoms with E-state index in [1.54, 1.807) is 6.07 Å². The number of carbonyl (C=O) groups is 1. The summed E-state index contributed by atoms with van der Waals surface area (Å²) in [7, 11) is 0. The van der Waals surface area contributed by atoms with Crippen LogP contribution < -0.4 is 5.73 Å². The number of rotatable bonds is 2. The molecule has 2 N–H and O–H groups in total. The lowest BCUT2D eigenvalue weighted by molar-refractivity contribution is 0.0495. The number of hydrogen-bond acceptors (Lipinski definition) is 4. The molecule has 1 aliphatic rings. The lowest BCUT2D eigenvalue weighted by Gasteiger charge is -2.42. The summed E-state index contributed by atoms with van der Waals surface area (Å²) in [6.45, 7) is 7.51. The Morgan fingerprint density at radius 2 is 2.04 bits per heavy atom. The first kappa shape index (κ1) is 15.7. The molecule has 1 aromatic carbocycles. The topological polar surface area (TPSA) is 72.4 Å². The first-order valence-electron chi connectivity index (χ1n) is 7.95. The summed E-state index contributed by atoms with van der Waals surface area (Å²) in [5, 5.41) is 4.04. The lowest BCUT2D eigenvalue weighted by atomic mass is 9.79. The predicted molar refractivity (Wildman–Crippen MR) is 89.0 cm³/mol. The van der Waals surface area contributed by atoms with Gasteiger partial charge in [-0.1, -0.05) is 48.8 Å². The van der Waals surface area contributed by atoms with Crippen LogP contribution in [-0.4, -0.2) is 35.1 Å². The van der Waals surface area contributed by atoms with Crippen molar-refractivity contribution in [1.82, 2.24) is 10.1 Å². The predicted octanol–water partition coefficient (Wildman–Crippen LogP) is 2.85. The molecule has 5 heteroatoms. The summed E-state index contributed by atoms with van der Waals surface area (Å²) in [4.78, 5) is 14.5. The SMILES string of the molecule is Cc1ccc(-c2cc(C(=O)N3CCC(N)C(C)(C)C3)on2)cc1. The van der Waals surface area contributed by atoms with Gasteiger partial charge < -0.3 is 15.2 Å². The Labute approximate surface area is 136 Å². The van der Waals surface area contributed by atoms with Crippen molar-refractivity contribution in [3.63, 3.8) is 0 Å². The fraction of sp³-hybridized carbons (Fsp3) is 0.444. The minimum Gasteiger partial charge on any atom is -0.350 e. The zero-order valence-corrected chi connectivity index (χ0v) is 13.9. The molecule has 5 nitrogen and oxygen atoms in total. The number of nitrogens with two attached hydrogens (primary N) is 1. The largest absolute Gasteiger partial charge is 0.350 e. The van der Waals surface area contributed by atoms with E-state index >= 15 is 0 Å². The van der Waals surface area contributed by atoms with Crippen molar-refractivity contribution >= 4 is 5.91 Å². The number of amides is 1. The molecule has 0 bridgehead atoms. The van der Waals surface area contributed by atoms with Crippen LogP contribution in [0, 0.1) is 12.3 Å². The van der Waals surface area contributed by atoms with Crippen LogP contribution in [0.15, 0.2) is 34.9 Å². The van der Waals surface area contributed by atoms with Gasteiger partial charge in [-0.05, 0) is 18.8 Å². The summed E-state index contributed by atoms with van der Waals surface area (Å²) in [6.07, 6.45) is 0.803. The molecule has 1 unspecified atom stereocenters. The van der Waals surface area contributed by atoms with E-state index in [4.69, 9.17) is 10.3 Å². The van der Waals surface area contributed by atoms with Crippen molar-refractivity contribution in [2.24, 2.45) is 11.1 Å². The van der Waals surface area contributed by atoms with Gasteiger partial charge in [0.2, 0.25) is 5.76 Å². The second kappa shape index (κ2) is 5.81. The molecule has 2 aromatic rings. The fourth-order valence-corrected chi connectivity index (χ4v) is 2.94. The number of benzene rings is 1. The molecule has 3 rings (SSSR count). The van der Waals surface area contributed by atoms with Gasteiger partial charge in [0.25, 0.3) is 5.91 Å². The maximum absolute atomic E-state index is 12.6. The first-order valence-corrected chi connectivity index (χ1v) is 7.95. The van der Waals surface area contributed by atoms with Crippen LogP contribution in [0.5, 0.6) is 0 Å². The molecule has 122 valence electrons. The maximum Gasteiger partial charge on any atom is 0.292 e. The molecule has 0 aliphatic carbocycles. The van der Waals surface area contributed by atoms with E-state index in [-0.39, 0.29) is 23.1 Å². The molecule has 0 radical (unpaired) electrons. The third-order valence-electron chi connectivity index (χ3n) is 4.67. The molecular formula is C18H23N3O2. The number of hydrogen-bond donors (Lipinski definition) is 1. The average Bonchev–Trinajstić information content (AvgIpc) is 3.00. The number of carbonyl (C=O) groups excluding carboxylic acids is 1. The van der Waals surface area contributed by atoms with Crippen molar-refractivity contribution in [2.45, 2.75) is 33.2 Å². The third-order valence-corrected chi connectivity index (χ3v) is 4.67. The van der Waals surface area contributed by atoms with Crippen LogP contribution in [0.1, 0.15) is 36.4 Å². The molecule has 1 aliphatic heterocycles. The Bertz CT molecular complexity index is 703. The highest BCUT2D eigenvalue weighted by atomic mass is 16.5. The summed E-state index contributed by atoms with van der Waals surface area (Å²) in [5.41, 5.74) is 8.85. The maximum atomic E-state index is 12.6. The average molecular weight is 313 g/mol. The van der Waals surface area contributed by atoms with Crippen LogP contribution in [0.3, 0.4) is 0 Å². The smallest absolute Gasteiger partial charge is 0.292 e. The number of nitrogens with zero attached hydrogens (tertiary/aromatic N) is 2. The Hall–Kier alpha value is -2.14. The van der Waals surface area contributed by atoms with Crippen LogP contribution in [0.4, 0.5) is 0 Å². The van der Waals surface area contributed by atoms with Crippen LogP contribution in [-0.2, 0) is 0 Å². The highest BCUT2D eigenvalue weighted by Gasteiger charge is 2.36. The van der Waals surface area contributed by atoms with Gasteiger partial charge in [-0.2, -0.15) is 0 Å². The van der Waals surface area contributed by atoms with Gasteiger partial charge in [0.1, 0.15) is 5.69 Å². The Morgan fingerprint density at radius 1 is 1.35 bits per heavy atom. The van der Waals surface area contributed by atoms with Gasteiger partial charge >= 0.3 is 0 Å². The summed E-state index contributed by atoms with van der Waals surface area (Å²) in [6, 6.07) is 9.81. The van der Waals surface area contributed by atoms with Crippen molar-refractivity contribution < 1.29 is 9.32 Å². The molecule has 1 aromatic heterocycles.